The lowest BCUT2D eigenvalue weighted by atomic mass is 10.1. The van der Waals surface area contributed by atoms with E-state index in [2.05, 4.69) is 0 Å². The number of hydrogen-bond acceptors (Lipinski definition) is 3. The van der Waals surface area contributed by atoms with E-state index in [1.54, 1.807) is 0 Å². The van der Waals surface area contributed by atoms with Gasteiger partial charge in [0.2, 0.25) is 0 Å². The maximum absolute atomic E-state index is 13.5. The van der Waals surface area contributed by atoms with Gasteiger partial charge < -0.3 is 13.3 Å². The van der Waals surface area contributed by atoms with Crippen molar-refractivity contribution in [1.82, 2.24) is 0 Å². The van der Waals surface area contributed by atoms with Crippen LogP contribution in [0.5, 0.6) is 0 Å². The lowest BCUT2D eigenvalue weighted by molar-refractivity contribution is 0.0861. The normalized spacial score (nSPS) is 11.9. The van der Waals surface area contributed by atoms with Crippen molar-refractivity contribution in [2.45, 2.75) is 32.7 Å². The Morgan fingerprint density at radius 2 is 1.52 bits per heavy atom. The van der Waals surface area contributed by atoms with Crippen LogP contribution in [0.15, 0.2) is 12.1 Å². The van der Waals surface area contributed by atoms with Crippen LogP contribution in [-0.2, 0) is 19.7 Å². The first kappa shape index (κ1) is 18.2. The largest absolute Gasteiger partial charge is 0.500 e. The molecule has 1 aromatic carbocycles. The molecule has 21 heavy (non-hydrogen) atoms. The van der Waals surface area contributed by atoms with Gasteiger partial charge >= 0.3 is 8.80 Å². The third-order valence-corrected chi connectivity index (χ3v) is 6.10. The average Bonchev–Trinajstić information content (AvgIpc) is 2.42. The summed E-state index contributed by atoms with van der Waals surface area (Å²) >= 11 is 0. The number of halogens is 3. The first-order valence-electron chi connectivity index (χ1n) is 6.94. The molecule has 0 bridgehead atoms. The van der Waals surface area contributed by atoms with Gasteiger partial charge in [-0.2, -0.15) is 0 Å². The van der Waals surface area contributed by atoms with E-state index >= 15 is 0 Å². The molecular weight excluding hydrogens is 301 g/mol. The van der Waals surface area contributed by atoms with E-state index in [4.69, 9.17) is 13.3 Å². The van der Waals surface area contributed by atoms with Crippen LogP contribution in [0.2, 0.25) is 6.04 Å². The van der Waals surface area contributed by atoms with E-state index in [1.807, 2.05) is 13.8 Å². The van der Waals surface area contributed by atoms with Crippen molar-refractivity contribution in [3.8, 4) is 0 Å². The molecule has 3 nitrogen and oxygen atoms in total. The molecule has 0 aliphatic rings. The summed E-state index contributed by atoms with van der Waals surface area (Å²) in [5.74, 6) is -2.66. The fourth-order valence-corrected chi connectivity index (χ4v) is 4.44. The lowest BCUT2D eigenvalue weighted by Gasteiger charge is -2.27. The molecule has 0 aliphatic carbocycles. The average molecular weight is 322 g/mol. The zero-order valence-electron chi connectivity index (χ0n) is 12.5. The Balaban J connectivity index is 2.70. The Kier molecular flexibility index (Phi) is 7.37. The van der Waals surface area contributed by atoms with Crippen molar-refractivity contribution in [3.05, 3.63) is 35.1 Å². The Bertz CT molecular complexity index is 428. The van der Waals surface area contributed by atoms with E-state index in [0.717, 1.165) is 0 Å². The Morgan fingerprint density at radius 1 is 1.00 bits per heavy atom. The van der Waals surface area contributed by atoms with Gasteiger partial charge in [0, 0.05) is 44.1 Å². The third-order valence-electron chi connectivity index (χ3n) is 3.06. The van der Waals surface area contributed by atoms with Crippen molar-refractivity contribution in [1.29, 1.82) is 0 Å². The van der Waals surface area contributed by atoms with Gasteiger partial charge in [0.05, 0.1) is 0 Å². The monoisotopic (exact) mass is 322 g/mol. The van der Waals surface area contributed by atoms with Crippen molar-refractivity contribution in [2.24, 2.45) is 0 Å². The third kappa shape index (κ3) is 5.10. The van der Waals surface area contributed by atoms with Crippen LogP contribution in [0, 0.1) is 17.5 Å². The molecule has 1 aromatic rings. The standard InChI is InChI=1S/C14H21F3O3Si/c1-4-19-21(18-3,20-5-2)8-6-7-12-13(16)9-11(15)10-14(12)17/h9-10H,4-8H2,1-3H3. The zero-order chi connectivity index (χ0) is 15.9. The van der Waals surface area contributed by atoms with Crippen LogP contribution in [0.3, 0.4) is 0 Å². The summed E-state index contributed by atoms with van der Waals surface area (Å²) in [6.45, 7) is 4.55. The Labute approximate surface area is 124 Å². The van der Waals surface area contributed by atoms with Gasteiger partial charge in [0.15, 0.2) is 0 Å². The van der Waals surface area contributed by atoms with E-state index in [1.165, 1.54) is 7.11 Å². The number of rotatable bonds is 9. The molecule has 0 saturated heterocycles. The van der Waals surface area contributed by atoms with E-state index in [0.29, 0.717) is 37.8 Å². The van der Waals surface area contributed by atoms with Crippen LogP contribution in [0.1, 0.15) is 25.8 Å². The fourth-order valence-electron chi connectivity index (χ4n) is 2.14. The van der Waals surface area contributed by atoms with Gasteiger partial charge in [-0.25, -0.2) is 13.2 Å². The first-order chi connectivity index (χ1) is 9.98. The molecule has 0 radical (unpaired) electrons. The minimum Gasteiger partial charge on any atom is -0.377 e. The molecule has 0 aromatic heterocycles. The van der Waals surface area contributed by atoms with E-state index in [-0.39, 0.29) is 12.0 Å². The molecule has 120 valence electrons. The summed E-state index contributed by atoms with van der Waals surface area (Å²) in [5, 5.41) is 0. The summed E-state index contributed by atoms with van der Waals surface area (Å²) < 4.78 is 56.5. The summed E-state index contributed by atoms with van der Waals surface area (Å²) in [5.41, 5.74) is -0.122. The molecule has 0 N–H and O–H groups in total. The predicted octanol–water partition coefficient (Wildman–Crippen LogP) is 3.69. The van der Waals surface area contributed by atoms with Crippen LogP contribution >= 0.6 is 0 Å². The smallest absolute Gasteiger partial charge is 0.377 e. The predicted molar refractivity (Wildman–Crippen MR) is 75.5 cm³/mol. The molecule has 0 heterocycles. The highest BCUT2D eigenvalue weighted by molar-refractivity contribution is 6.60. The van der Waals surface area contributed by atoms with Crippen molar-refractivity contribution >= 4 is 8.80 Å². The van der Waals surface area contributed by atoms with E-state index < -0.39 is 26.3 Å². The summed E-state index contributed by atoms with van der Waals surface area (Å²) in [6.07, 6.45) is 0.565. The highest BCUT2D eigenvalue weighted by Gasteiger charge is 2.38. The SMILES string of the molecule is CCO[Si](CCCc1c(F)cc(F)cc1F)(OC)OCC. The number of benzene rings is 1. The van der Waals surface area contributed by atoms with Gasteiger partial charge in [-0.3, -0.25) is 0 Å². The fraction of sp³-hybridized carbons (Fsp3) is 0.571. The Hall–Kier alpha value is -0.893. The molecular formula is C14H21F3O3Si. The van der Waals surface area contributed by atoms with Gasteiger partial charge in [0.25, 0.3) is 0 Å². The minimum atomic E-state index is -2.79. The maximum atomic E-state index is 13.5. The van der Waals surface area contributed by atoms with Gasteiger partial charge in [-0.15, -0.1) is 0 Å². The van der Waals surface area contributed by atoms with Crippen molar-refractivity contribution in [2.75, 3.05) is 20.3 Å². The lowest BCUT2D eigenvalue weighted by Crippen LogP contribution is -2.44. The second-order valence-corrected chi connectivity index (χ2v) is 7.31. The van der Waals surface area contributed by atoms with Gasteiger partial charge in [-0.05, 0) is 26.7 Å². The number of hydrogen-bond donors (Lipinski definition) is 0. The highest BCUT2D eigenvalue weighted by Crippen LogP contribution is 2.22. The summed E-state index contributed by atoms with van der Waals surface area (Å²) in [4.78, 5) is 0. The van der Waals surface area contributed by atoms with Gasteiger partial charge in [-0.1, -0.05) is 0 Å². The minimum absolute atomic E-state index is 0.122. The maximum Gasteiger partial charge on any atom is 0.500 e. The van der Waals surface area contributed by atoms with Gasteiger partial charge in [0.1, 0.15) is 17.5 Å². The second kappa shape index (κ2) is 8.53. The molecule has 0 fully saturated rings. The molecule has 1 rings (SSSR count). The van der Waals surface area contributed by atoms with Crippen molar-refractivity contribution < 1.29 is 26.4 Å². The van der Waals surface area contributed by atoms with Crippen LogP contribution in [-0.4, -0.2) is 29.1 Å². The summed E-state index contributed by atoms with van der Waals surface area (Å²) in [6, 6.07) is 1.82. The second-order valence-electron chi connectivity index (χ2n) is 4.45. The molecule has 0 atom stereocenters. The molecule has 0 amide bonds. The summed E-state index contributed by atoms with van der Waals surface area (Å²) in [7, 11) is -1.28. The molecule has 7 heteroatoms. The van der Waals surface area contributed by atoms with Crippen LogP contribution in [0.4, 0.5) is 13.2 Å². The quantitative estimate of drug-likeness (QED) is 0.649. The molecule has 0 saturated carbocycles. The highest BCUT2D eigenvalue weighted by atomic mass is 28.4. The first-order valence-corrected chi connectivity index (χ1v) is 8.87. The van der Waals surface area contributed by atoms with Crippen LogP contribution < -0.4 is 0 Å². The topological polar surface area (TPSA) is 27.7 Å². The zero-order valence-corrected chi connectivity index (χ0v) is 13.5. The van der Waals surface area contributed by atoms with Crippen LogP contribution in [0.25, 0.3) is 0 Å². The van der Waals surface area contributed by atoms with Crippen molar-refractivity contribution in [3.63, 3.8) is 0 Å². The molecule has 0 unspecified atom stereocenters. The molecule has 0 spiro atoms. The Morgan fingerprint density at radius 3 is 1.95 bits per heavy atom. The molecule has 0 aliphatic heterocycles. The van der Waals surface area contributed by atoms with E-state index in [9.17, 15) is 13.2 Å².